The second kappa shape index (κ2) is 8.93. The molecule has 0 atom stereocenters. The van der Waals surface area contributed by atoms with Crippen molar-refractivity contribution in [3.8, 4) is 6.01 Å². The number of hydrazone groups is 1. The second-order valence-electron chi connectivity index (χ2n) is 5.41. The number of ether oxygens (including phenoxy) is 1. The minimum atomic E-state index is -4.44. The first-order chi connectivity index (χ1) is 12.4. The van der Waals surface area contributed by atoms with Gasteiger partial charge in [0, 0.05) is 36.3 Å². The number of aliphatic imine (C=N–C) groups is 1. The van der Waals surface area contributed by atoms with Crippen LogP contribution in [0.1, 0.15) is 18.9 Å². The lowest BCUT2D eigenvalue weighted by Crippen LogP contribution is -2.20. The number of nitrogens with zero attached hydrogens (tertiary/aromatic N) is 4. The molecule has 1 aliphatic rings. The van der Waals surface area contributed by atoms with Crippen molar-refractivity contribution in [1.82, 2.24) is 15.4 Å². The first kappa shape index (κ1) is 19.4. The van der Waals surface area contributed by atoms with Crippen molar-refractivity contribution >= 4 is 11.4 Å². The maximum absolute atomic E-state index is 12.1. The number of hydrogen-bond donors (Lipinski definition) is 1. The molecule has 0 aliphatic carbocycles. The molecule has 0 radical (unpaired) electrons. The van der Waals surface area contributed by atoms with E-state index in [-0.39, 0.29) is 6.01 Å². The van der Waals surface area contributed by atoms with Crippen molar-refractivity contribution < 1.29 is 17.9 Å². The Labute approximate surface area is 148 Å². The predicted octanol–water partition coefficient (Wildman–Crippen LogP) is 3.20. The third-order valence-corrected chi connectivity index (χ3v) is 3.14. The highest BCUT2D eigenvalue weighted by Gasteiger charge is 2.28. The number of alkyl halides is 3. The van der Waals surface area contributed by atoms with E-state index in [0.717, 1.165) is 17.7 Å². The van der Waals surface area contributed by atoms with Gasteiger partial charge in [0.15, 0.2) is 6.61 Å². The molecule has 0 aromatic carbocycles. The molecule has 0 fully saturated rings. The molecule has 0 unspecified atom stereocenters. The van der Waals surface area contributed by atoms with E-state index in [1.165, 1.54) is 12.4 Å². The van der Waals surface area contributed by atoms with E-state index in [2.05, 4.69) is 36.8 Å². The normalized spacial score (nSPS) is 15.0. The maximum atomic E-state index is 12.1. The van der Waals surface area contributed by atoms with E-state index in [1.807, 2.05) is 6.92 Å². The molecular formula is C17H18F3N5O. The summed E-state index contributed by atoms with van der Waals surface area (Å²) in [5.74, 6) is 0. The van der Waals surface area contributed by atoms with Gasteiger partial charge in [0.1, 0.15) is 0 Å². The molecular weight excluding hydrogens is 347 g/mol. The molecule has 138 valence electrons. The summed E-state index contributed by atoms with van der Waals surface area (Å²) in [5, 5.41) is 4.27. The fourth-order valence-corrected chi connectivity index (χ4v) is 1.98. The Bertz CT molecular complexity index is 749. The molecule has 0 saturated carbocycles. The van der Waals surface area contributed by atoms with Gasteiger partial charge in [-0.1, -0.05) is 18.7 Å². The minimum absolute atomic E-state index is 0.352. The van der Waals surface area contributed by atoms with Crippen LogP contribution in [0.5, 0.6) is 6.01 Å². The highest BCUT2D eigenvalue weighted by Crippen LogP contribution is 2.16. The molecule has 0 spiro atoms. The van der Waals surface area contributed by atoms with Crippen molar-refractivity contribution in [2.24, 2.45) is 10.1 Å². The van der Waals surface area contributed by atoms with Crippen LogP contribution in [-0.2, 0) is 0 Å². The monoisotopic (exact) mass is 365 g/mol. The van der Waals surface area contributed by atoms with E-state index >= 15 is 0 Å². The number of aromatic nitrogens is 2. The Morgan fingerprint density at radius 3 is 2.69 bits per heavy atom. The number of halogens is 3. The number of hydrogen-bond acceptors (Lipinski definition) is 6. The fourth-order valence-electron chi connectivity index (χ4n) is 1.98. The van der Waals surface area contributed by atoms with Crippen molar-refractivity contribution in [3.05, 3.63) is 54.5 Å². The summed E-state index contributed by atoms with van der Waals surface area (Å²) in [5.41, 5.74) is 6.10. The van der Waals surface area contributed by atoms with Gasteiger partial charge in [-0.05, 0) is 18.6 Å². The smallest absolute Gasteiger partial charge is 0.422 e. The van der Waals surface area contributed by atoms with Gasteiger partial charge in [0.2, 0.25) is 0 Å². The minimum Gasteiger partial charge on any atom is -0.454 e. The Kier molecular flexibility index (Phi) is 6.65. The zero-order valence-corrected chi connectivity index (χ0v) is 14.1. The van der Waals surface area contributed by atoms with Crippen LogP contribution >= 0.6 is 0 Å². The van der Waals surface area contributed by atoms with Gasteiger partial charge < -0.3 is 10.2 Å². The summed E-state index contributed by atoms with van der Waals surface area (Å²) in [6.07, 6.45) is 5.78. The van der Waals surface area contributed by atoms with E-state index in [4.69, 9.17) is 0 Å². The molecule has 2 heterocycles. The fraction of sp³-hybridized carbons (Fsp3) is 0.294. The molecule has 1 aromatic heterocycles. The molecule has 9 heteroatoms. The van der Waals surface area contributed by atoms with Crippen LogP contribution in [0.4, 0.5) is 13.2 Å². The van der Waals surface area contributed by atoms with Gasteiger partial charge in [-0.2, -0.15) is 18.3 Å². The average molecular weight is 365 g/mol. The number of allylic oxidation sites excluding steroid dienone is 3. The molecule has 1 aromatic rings. The van der Waals surface area contributed by atoms with E-state index in [1.54, 1.807) is 24.4 Å². The summed E-state index contributed by atoms with van der Waals surface area (Å²) in [7, 11) is 0. The summed E-state index contributed by atoms with van der Waals surface area (Å²) in [6.45, 7) is 4.63. The highest BCUT2D eigenvalue weighted by atomic mass is 19.4. The van der Waals surface area contributed by atoms with Gasteiger partial charge >= 0.3 is 12.2 Å². The van der Waals surface area contributed by atoms with E-state index in [0.29, 0.717) is 17.8 Å². The van der Waals surface area contributed by atoms with Crippen molar-refractivity contribution in [2.45, 2.75) is 19.5 Å². The van der Waals surface area contributed by atoms with Crippen LogP contribution in [0.15, 0.2) is 59.1 Å². The molecule has 1 N–H and O–H groups in total. The molecule has 2 rings (SSSR count). The molecule has 0 bridgehead atoms. The quantitative estimate of drug-likeness (QED) is 0.436. The van der Waals surface area contributed by atoms with Gasteiger partial charge in [-0.15, -0.1) is 0 Å². The van der Waals surface area contributed by atoms with Crippen LogP contribution in [-0.4, -0.2) is 40.7 Å². The highest BCUT2D eigenvalue weighted by molar-refractivity contribution is 6.08. The predicted molar refractivity (Wildman–Crippen MR) is 93.3 cm³/mol. The van der Waals surface area contributed by atoms with Gasteiger partial charge in [0.05, 0.1) is 12.3 Å². The summed E-state index contributed by atoms with van der Waals surface area (Å²) in [4.78, 5) is 11.7. The molecule has 26 heavy (non-hydrogen) atoms. The Morgan fingerprint density at radius 1 is 1.38 bits per heavy atom. The summed E-state index contributed by atoms with van der Waals surface area (Å²) >= 11 is 0. The molecule has 6 nitrogen and oxygen atoms in total. The molecule has 1 aliphatic heterocycles. The average Bonchev–Trinajstić information content (AvgIpc) is 3.01. The van der Waals surface area contributed by atoms with Crippen LogP contribution in [0.25, 0.3) is 0 Å². The van der Waals surface area contributed by atoms with E-state index < -0.39 is 12.8 Å². The van der Waals surface area contributed by atoms with Gasteiger partial charge in [-0.25, -0.2) is 9.97 Å². The third kappa shape index (κ3) is 6.50. The second-order valence-corrected chi connectivity index (χ2v) is 5.41. The van der Waals surface area contributed by atoms with Crippen LogP contribution < -0.4 is 10.2 Å². The van der Waals surface area contributed by atoms with Crippen LogP contribution in [0, 0.1) is 0 Å². The lowest BCUT2D eigenvalue weighted by molar-refractivity contribution is -0.154. The van der Waals surface area contributed by atoms with Crippen molar-refractivity contribution in [2.75, 3.05) is 13.2 Å². The third-order valence-electron chi connectivity index (χ3n) is 3.14. The largest absolute Gasteiger partial charge is 0.454 e. The zero-order valence-electron chi connectivity index (χ0n) is 14.1. The zero-order chi connectivity index (χ0) is 19.0. The van der Waals surface area contributed by atoms with Crippen LogP contribution in [0.3, 0.4) is 0 Å². The van der Waals surface area contributed by atoms with Gasteiger partial charge in [0.25, 0.3) is 0 Å². The Hall–Kier alpha value is -2.97. The first-order valence-corrected chi connectivity index (χ1v) is 7.70. The molecule has 0 saturated heterocycles. The summed E-state index contributed by atoms with van der Waals surface area (Å²) < 4.78 is 40.9. The number of nitrogens with one attached hydrogen (secondary N) is 1. The van der Waals surface area contributed by atoms with Crippen LogP contribution in [0.2, 0.25) is 0 Å². The molecule has 0 amide bonds. The first-order valence-electron chi connectivity index (χ1n) is 7.70. The Morgan fingerprint density at radius 2 is 2.12 bits per heavy atom. The van der Waals surface area contributed by atoms with Gasteiger partial charge in [-0.3, -0.25) is 4.99 Å². The Balaban J connectivity index is 2.02. The number of rotatable bonds is 8. The van der Waals surface area contributed by atoms with Crippen molar-refractivity contribution in [3.63, 3.8) is 0 Å². The maximum Gasteiger partial charge on any atom is 0.422 e. The van der Waals surface area contributed by atoms with E-state index in [9.17, 15) is 13.2 Å². The lowest BCUT2D eigenvalue weighted by atomic mass is 10.2. The topological polar surface area (TPSA) is 71.8 Å². The summed E-state index contributed by atoms with van der Waals surface area (Å²) in [6, 6.07) is -0.352. The SMILES string of the molecule is C=C/C=C\C(=N/NCC1=CN=C(C)C1)c1cnc(OCC(F)(F)F)nc1. The standard InChI is InChI=1S/C17H18F3N5O/c1-3-4-5-15(25-24-8-13-6-12(2)21-7-13)14-9-22-16(23-10-14)26-11-17(18,19)20/h3-5,7,9-10,24H,1,6,8,11H2,2H3/b5-4-,25-15+. The lowest BCUT2D eigenvalue weighted by Gasteiger charge is -2.08. The van der Waals surface area contributed by atoms with Crippen molar-refractivity contribution in [1.29, 1.82) is 0 Å².